The predicted octanol–water partition coefficient (Wildman–Crippen LogP) is 2.18. The van der Waals surface area contributed by atoms with Crippen molar-refractivity contribution in [2.75, 3.05) is 4.72 Å². The van der Waals surface area contributed by atoms with Crippen molar-refractivity contribution in [3.05, 3.63) is 23.9 Å². The Kier molecular flexibility index (Phi) is 6.09. The second kappa shape index (κ2) is 6.67. The van der Waals surface area contributed by atoms with Crippen LogP contribution in [0.3, 0.4) is 0 Å². The first-order valence-electron chi connectivity index (χ1n) is 3.69. The van der Waals surface area contributed by atoms with Gasteiger partial charge in [0.15, 0.2) is 6.29 Å². The minimum Gasteiger partial charge on any atom is -0.316 e. The molecule has 1 aromatic rings. The Labute approximate surface area is 77.8 Å². The number of aromatic nitrogens is 1. The van der Waals surface area contributed by atoms with Gasteiger partial charge in [0.05, 0.1) is 5.56 Å². The average molecular weight is 184 g/mol. The highest BCUT2D eigenvalue weighted by atomic mass is 32.1. The molecule has 0 saturated heterocycles. The molecule has 1 rings (SSSR count). The van der Waals surface area contributed by atoms with Gasteiger partial charge in [0, 0.05) is 6.20 Å². The number of hydrogen-bond acceptors (Lipinski definition) is 4. The van der Waals surface area contributed by atoms with E-state index >= 15 is 0 Å². The van der Waals surface area contributed by atoms with Crippen LogP contribution in [0.25, 0.3) is 0 Å². The first kappa shape index (κ1) is 11.0. The van der Waals surface area contributed by atoms with E-state index in [1.807, 2.05) is 13.8 Å². The van der Waals surface area contributed by atoms with Gasteiger partial charge in [-0.15, -0.1) is 0 Å². The van der Waals surface area contributed by atoms with E-state index in [4.69, 9.17) is 0 Å². The van der Waals surface area contributed by atoms with E-state index in [0.29, 0.717) is 11.4 Å². The smallest absolute Gasteiger partial charge is 0.153 e. The number of thiol groups is 1. The molecule has 0 aliphatic carbocycles. The van der Waals surface area contributed by atoms with Crippen molar-refractivity contribution in [3.63, 3.8) is 0 Å². The highest BCUT2D eigenvalue weighted by Crippen LogP contribution is 2.08. The number of nitrogens with zero attached hydrogens (tertiary/aromatic N) is 1. The molecule has 0 radical (unpaired) electrons. The van der Waals surface area contributed by atoms with Crippen LogP contribution < -0.4 is 4.72 Å². The van der Waals surface area contributed by atoms with Gasteiger partial charge in [-0.3, -0.25) is 4.79 Å². The van der Waals surface area contributed by atoms with E-state index < -0.39 is 0 Å². The van der Waals surface area contributed by atoms with Crippen molar-refractivity contribution in [2.45, 2.75) is 13.8 Å². The van der Waals surface area contributed by atoms with E-state index in [9.17, 15) is 4.79 Å². The van der Waals surface area contributed by atoms with Crippen molar-refractivity contribution in [3.8, 4) is 0 Å². The van der Waals surface area contributed by atoms with Crippen LogP contribution >= 0.6 is 12.8 Å². The van der Waals surface area contributed by atoms with Crippen LogP contribution in [0, 0.1) is 0 Å². The van der Waals surface area contributed by atoms with Gasteiger partial charge in [-0.25, -0.2) is 4.98 Å². The van der Waals surface area contributed by atoms with Crippen LogP contribution in [0.1, 0.15) is 24.2 Å². The minimum absolute atomic E-state index is 0.487. The summed E-state index contributed by atoms with van der Waals surface area (Å²) in [4.78, 5) is 14.1. The molecule has 0 unspecified atom stereocenters. The van der Waals surface area contributed by atoms with Gasteiger partial charge in [-0.1, -0.05) is 26.7 Å². The number of nitrogens with one attached hydrogen (secondary N) is 1. The lowest BCUT2D eigenvalue weighted by molar-refractivity contribution is 0.112. The summed E-state index contributed by atoms with van der Waals surface area (Å²) in [5, 5.41) is 0. The Bertz CT molecular complexity index is 240. The molecule has 0 fully saturated rings. The van der Waals surface area contributed by atoms with Crippen LogP contribution in [-0.4, -0.2) is 11.3 Å². The topological polar surface area (TPSA) is 42.0 Å². The number of rotatable bonds is 2. The fourth-order valence-corrected chi connectivity index (χ4v) is 0.793. The molecule has 66 valence electrons. The maximum absolute atomic E-state index is 10.3. The Morgan fingerprint density at radius 2 is 2.25 bits per heavy atom. The predicted molar refractivity (Wildman–Crippen MR) is 53.6 cm³/mol. The molecule has 0 atom stereocenters. The maximum Gasteiger partial charge on any atom is 0.153 e. The summed E-state index contributed by atoms with van der Waals surface area (Å²) in [7, 11) is 0. The number of carbonyl (C=O) groups is 1. The molecule has 3 nitrogen and oxygen atoms in total. The third-order valence-electron chi connectivity index (χ3n) is 1.07. The quantitative estimate of drug-likeness (QED) is 0.547. The largest absolute Gasteiger partial charge is 0.316 e. The fraction of sp³-hybridized carbons (Fsp3) is 0.250. The van der Waals surface area contributed by atoms with Crippen LogP contribution in [0.15, 0.2) is 18.3 Å². The molecule has 0 aromatic carbocycles. The normalized spacial score (nSPS) is 7.92. The molecule has 4 heteroatoms. The van der Waals surface area contributed by atoms with Crippen molar-refractivity contribution >= 4 is 24.9 Å². The van der Waals surface area contributed by atoms with Crippen molar-refractivity contribution < 1.29 is 4.79 Å². The fourth-order valence-electron chi connectivity index (χ4n) is 0.606. The van der Waals surface area contributed by atoms with Crippen molar-refractivity contribution in [1.29, 1.82) is 0 Å². The molecule has 0 saturated carbocycles. The van der Waals surface area contributed by atoms with Crippen LogP contribution in [0.2, 0.25) is 0 Å². The summed E-state index contributed by atoms with van der Waals surface area (Å²) >= 11 is 3.76. The molecule has 0 spiro atoms. The number of aldehydes is 1. The van der Waals surface area contributed by atoms with E-state index in [-0.39, 0.29) is 0 Å². The number of pyridine rings is 1. The Morgan fingerprint density at radius 3 is 2.67 bits per heavy atom. The molecule has 0 aliphatic rings. The van der Waals surface area contributed by atoms with Gasteiger partial charge < -0.3 is 4.72 Å². The summed E-state index contributed by atoms with van der Waals surface area (Å²) in [5.41, 5.74) is 0.512. The summed E-state index contributed by atoms with van der Waals surface area (Å²) in [6.07, 6.45) is 2.32. The SMILES string of the molecule is CC.O=Cc1cccnc1NS. The van der Waals surface area contributed by atoms with E-state index in [0.717, 1.165) is 6.29 Å². The molecule has 1 aromatic heterocycles. The summed E-state index contributed by atoms with van der Waals surface area (Å²) in [6, 6.07) is 3.36. The van der Waals surface area contributed by atoms with Gasteiger partial charge >= 0.3 is 0 Å². The first-order valence-corrected chi connectivity index (χ1v) is 4.13. The molecule has 1 heterocycles. The third-order valence-corrected chi connectivity index (χ3v) is 1.28. The van der Waals surface area contributed by atoms with E-state index in [1.54, 1.807) is 18.3 Å². The van der Waals surface area contributed by atoms with E-state index in [1.165, 1.54) is 0 Å². The first-order chi connectivity index (χ1) is 5.88. The van der Waals surface area contributed by atoms with E-state index in [2.05, 4.69) is 22.5 Å². The molecule has 0 aliphatic heterocycles. The lowest BCUT2D eigenvalue weighted by Crippen LogP contribution is -1.91. The highest BCUT2D eigenvalue weighted by Gasteiger charge is 1.96. The lowest BCUT2D eigenvalue weighted by Gasteiger charge is -1.97. The van der Waals surface area contributed by atoms with Crippen molar-refractivity contribution in [2.24, 2.45) is 0 Å². The lowest BCUT2D eigenvalue weighted by atomic mass is 10.3. The third kappa shape index (κ3) is 2.92. The van der Waals surface area contributed by atoms with Crippen molar-refractivity contribution in [1.82, 2.24) is 4.98 Å². The Morgan fingerprint density at radius 1 is 1.58 bits per heavy atom. The van der Waals surface area contributed by atoms with Gasteiger partial charge in [0.2, 0.25) is 0 Å². The molecule has 1 N–H and O–H groups in total. The monoisotopic (exact) mass is 184 g/mol. The number of carbonyl (C=O) groups excluding carboxylic acids is 1. The minimum atomic E-state index is 0.487. The zero-order valence-corrected chi connectivity index (χ0v) is 8.01. The Hall–Kier alpha value is -1.03. The second-order valence-corrected chi connectivity index (χ2v) is 1.89. The van der Waals surface area contributed by atoms with Gasteiger partial charge in [-0.05, 0) is 12.1 Å². The summed E-state index contributed by atoms with van der Waals surface area (Å²) in [5.74, 6) is 0.487. The zero-order valence-electron chi connectivity index (χ0n) is 7.11. The van der Waals surface area contributed by atoms with Crippen LogP contribution in [0.5, 0.6) is 0 Å². The number of anilines is 1. The molecular formula is C8H12N2OS. The van der Waals surface area contributed by atoms with Gasteiger partial charge in [0.1, 0.15) is 5.82 Å². The van der Waals surface area contributed by atoms with Crippen LogP contribution in [-0.2, 0) is 0 Å². The maximum atomic E-state index is 10.3. The Balaban J connectivity index is 0.000000561. The highest BCUT2D eigenvalue weighted by molar-refractivity contribution is 7.81. The summed E-state index contributed by atoms with van der Waals surface area (Å²) < 4.78 is 2.50. The number of hydrogen-bond donors (Lipinski definition) is 2. The average Bonchev–Trinajstić information content (AvgIpc) is 2.20. The van der Waals surface area contributed by atoms with Gasteiger partial charge in [0.25, 0.3) is 0 Å². The van der Waals surface area contributed by atoms with Gasteiger partial charge in [-0.2, -0.15) is 0 Å². The molecule has 12 heavy (non-hydrogen) atoms. The summed E-state index contributed by atoms with van der Waals surface area (Å²) in [6.45, 7) is 4.00. The van der Waals surface area contributed by atoms with Crippen LogP contribution in [0.4, 0.5) is 5.82 Å². The zero-order chi connectivity index (χ0) is 9.40. The second-order valence-electron chi connectivity index (χ2n) is 1.67. The molecular weight excluding hydrogens is 172 g/mol. The molecule has 0 bridgehead atoms. The standard InChI is InChI=1S/C6H6N2OS.C2H6/c9-4-5-2-1-3-7-6(5)8-10;1-2/h1-4,10H,(H,7,8);1-2H3. The molecule has 0 amide bonds.